The molecule has 0 spiro atoms. The molecule has 2 heterocycles. The highest BCUT2D eigenvalue weighted by Crippen LogP contribution is 2.41. The van der Waals surface area contributed by atoms with Crippen LogP contribution >= 0.6 is 11.3 Å². The zero-order valence-electron chi connectivity index (χ0n) is 18.7. The standard InChI is InChI=1S/C25H28N2O4S/c1-17-16-32-25(29)26(17)12-7-10-23(28)27-13-11-19-14-21(30-2)22(31-3)15-20(19)24(27)18-8-5-4-6-9-18/h4-6,8-9,14-16,24H,7,10-13H2,1-3H3. The fraction of sp³-hybridized carbons (Fsp3) is 0.360. The molecule has 0 saturated carbocycles. The molecule has 0 fully saturated rings. The largest absolute Gasteiger partial charge is 0.493 e. The molecule has 7 heteroatoms. The van der Waals surface area contributed by atoms with Gasteiger partial charge in [-0.2, -0.15) is 0 Å². The van der Waals surface area contributed by atoms with Crippen molar-refractivity contribution in [3.05, 3.63) is 79.9 Å². The number of nitrogens with zero attached hydrogens (tertiary/aromatic N) is 2. The van der Waals surface area contributed by atoms with Crippen molar-refractivity contribution in [3.8, 4) is 11.5 Å². The van der Waals surface area contributed by atoms with Crippen LogP contribution in [0.5, 0.6) is 11.5 Å². The van der Waals surface area contributed by atoms with Crippen LogP contribution in [-0.2, 0) is 17.8 Å². The average Bonchev–Trinajstić information content (AvgIpc) is 3.14. The number of benzene rings is 2. The summed E-state index contributed by atoms with van der Waals surface area (Å²) in [4.78, 5) is 27.3. The Kier molecular flexibility index (Phi) is 6.65. The molecule has 4 rings (SSSR count). The average molecular weight is 453 g/mol. The Labute approximate surface area is 192 Å². The maximum atomic E-state index is 13.4. The minimum absolute atomic E-state index is 0.0325. The second kappa shape index (κ2) is 9.61. The summed E-state index contributed by atoms with van der Waals surface area (Å²) in [5.74, 6) is 1.46. The van der Waals surface area contributed by atoms with Gasteiger partial charge in [0.05, 0.1) is 20.3 Å². The normalized spacial score (nSPS) is 15.3. The molecule has 6 nitrogen and oxygen atoms in total. The van der Waals surface area contributed by atoms with Gasteiger partial charge in [-0.05, 0) is 48.6 Å². The van der Waals surface area contributed by atoms with Crippen LogP contribution in [0.3, 0.4) is 0 Å². The van der Waals surface area contributed by atoms with E-state index in [0.29, 0.717) is 37.4 Å². The van der Waals surface area contributed by atoms with Crippen molar-refractivity contribution in [1.29, 1.82) is 0 Å². The first-order valence-electron chi connectivity index (χ1n) is 10.8. The van der Waals surface area contributed by atoms with E-state index in [-0.39, 0.29) is 16.8 Å². The number of aryl methyl sites for hydroxylation is 1. The van der Waals surface area contributed by atoms with Crippen molar-refractivity contribution < 1.29 is 14.3 Å². The van der Waals surface area contributed by atoms with Gasteiger partial charge in [-0.1, -0.05) is 41.7 Å². The molecule has 0 radical (unpaired) electrons. The summed E-state index contributed by atoms with van der Waals surface area (Å²) in [6.07, 6.45) is 1.79. The first kappa shape index (κ1) is 22.1. The SMILES string of the molecule is COc1cc2c(cc1OC)C(c1ccccc1)N(C(=O)CCCn1c(C)csc1=O)CC2. The number of methoxy groups -OCH3 is 2. The number of ether oxygens (including phenoxy) is 2. The van der Waals surface area contributed by atoms with E-state index in [0.717, 1.165) is 23.2 Å². The molecule has 0 bridgehead atoms. The van der Waals surface area contributed by atoms with E-state index in [4.69, 9.17) is 9.47 Å². The van der Waals surface area contributed by atoms with E-state index >= 15 is 0 Å². The number of aromatic nitrogens is 1. The molecule has 1 atom stereocenters. The Balaban J connectivity index is 1.61. The second-order valence-electron chi connectivity index (χ2n) is 7.95. The molecule has 2 aromatic carbocycles. The Bertz CT molecular complexity index is 1150. The first-order chi connectivity index (χ1) is 15.5. The van der Waals surface area contributed by atoms with Gasteiger partial charge in [0.1, 0.15) is 0 Å². The maximum Gasteiger partial charge on any atom is 0.307 e. The van der Waals surface area contributed by atoms with Gasteiger partial charge < -0.3 is 18.9 Å². The molecule has 0 N–H and O–H groups in total. The summed E-state index contributed by atoms with van der Waals surface area (Å²) < 4.78 is 12.8. The van der Waals surface area contributed by atoms with Crippen LogP contribution in [0.1, 0.15) is 41.3 Å². The third kappa shape index (κ3) is 4.30. The zero-order chi connectivity index (χ0) is 22.7. The second-order valence-corrected chi connectivity index (χ2v) is 8.78. The van der Waals surface area contributed by atoms with Gasteiger partial charge in [0.2, 0.25) is 5.91 Å². The summed E-state index contributed by atoms with van der Waals surface area (Å²) in [6, 6.07) is 13.9. The number of fused-ring (bicyclic) bond motifs is 1. The minimum atomic E-state index is -0.183. The molecular formula is C25H28N2O4S. The van der Waals surface area contributed by atoms with Crippen molar-refractivity contribution in [2.45, 2.75) is 38.8 Å². The van der Waals surface area contributed by atoms with Crippen LogP contribution in [0.2, 0.25) is 0 Å². The number of hydrogen-bond donors (Lipinski definition) is 0. The summed E-state index contributed by atoms with van der Waals surface area (Å²) >= 11 is 1.20. The van der Waals surface area contributed by atoms with Crippen LogP contribution in [0.4, 0.5) is 0 Å². The minimum Gasteiger partial charge on any atom is -0.493 e. The lowest BCUT2D eigenvalue weighted by atomic mass is 9.87. The highest BCUT2D eigenvalue weighted by molar-refractivity contribution is 7.07. The van der Waals surface area contributed by atoms with E-state index in [1.54, 1.807) is 18.8 Å². The maximum absolute atomic E-state index is 13.4. The number of carbonyl (C=O) groups is 1. The zero-order valence-corrected chi connectivity index (χ0v) is 19.5. The quantitative estimate of drug-likeness (QED) is 0.539. The fourth-order valence-electron chi connectivity index (χ4n) is 4.42. The van der Waals surface area contributed by atoms with Crippen LogP contribution < -0.4 is 14.3 Å². The van der Waals surface area contributed by atoms with E-state index < -0.39 is 0 Å². The predicted molar refractivity (Wildman–Crippen MR) is 126 cm³/mol. The number of amides is 1. The molecule has 1 aliphatic rings. The summed E-state index contributed by atoms with van der Waals surface area (Å²) in [7, 11) is 3.26. The third-order valence-electron chi connectivity index (χ3n) is 6.06. The van der Waals surface area contributed by atoms with E-state index in [1.807, 2.05) is 47.5 Å². The molecular weight excluding hydrogens is 424 g/mol. The molecule has 3 aromatic rings. The van der Waals surface area contributed by atoms with Crippen LogP contribution in [-0.4, -0.2) is 36.1 Å². The Morgan fingerprint density at radius 2 is 1.84 bits per heavy atom. The Morgan fingerprint density at radius 1 is 1.12 bits per heavy atom. The van der Waals surface area contributed by atoms with Crippen molar-refractivity contribution in [2.24, 2.45) is 0 Å². The Morgan fingerprint density at radius 3 is 2.50 bits per heavy atom. The summed E-state index contributed by atoms with van der Waals surface area (Å²) in [6.45, 7) is 3.12. The summed E-state index contributed by atoms with van der Waals surface area (Å²) in [5.41, 5.74) is 4.25. The molecule has 168 valence electrons. The van der Waals surface area contributed by atoms with Gasteiger partial charge in [-0.15, -0.1) is 0 Å². The topological polar surface area (TPSA) is 60.8 Å². The van der Waals surface area contributed by atoms with Crippen LogP contribution in [0.25, 0.3) is 0 Å². The molecule has 1 aliphatic heterocycles. The lowest BCUT2D eigenvalue weighted by Crippen LogP contribution is -2.40. The fourth-order valence-corrected chi connectivity index (χ4v) is 5.18. The van der Waals surface area contributed by atoms with Gasteiger partial charge in [0.15, 0.2) is 11.5 Å². The van der Waals surface area contributed by atoms with Crippen molar-refractivity contribution in [2.75, 3.05) is 20.8 Å². The number of rotatable bonds is 7. The van der Waals surface area contributed by atoms with Gasteiger partial charge in [-0.25, -0.2) is 0 Å². The van der Waals surface area contributed by atoms with Gasteiger partial charge in [0, 0.05) is 30.6 Å². The molecule has 0 aliphatic carbocycles. The molecule has 32 heavy (non-hydrogen) atoms. The van der Waals surface area contributed by atoms with E-state index in [2.05, 4.69) is 12.1 Å². The Hall–Kier alpha value is -3.06. The van der Waals surface area contributed by atoms with Gasteiger partial charge in [-0.3, -0.25) is 9.59 Å². The summed E-state index contributed by atoms with van der Waals surface area (Å²) in [5, 5.41) is 1.86. The smallest absolute Gasteiger partial charge is 0.307 e. The molecule has 1 aromatic heterocycles. The highest BCUT2D eigenvalue weighted by Gasteiger charge is 2.33. The lowest BCUT2D eigenvalue weighted by molar-refractivity contribution is -0.133. The predicted octanol–water partition coefficient (Wildman–Crippen LogP) is 4.19. The molecule has 0 saturated heterocycles. The van der Waals surface area contributed by atoms with Crippen molar-refractivity contribution in [1.82, 2.24) is 9.47 Å². The van der Waals surface area contributed by atoms with Gasteiger partial charge in [0.25, 0.3) is 0 Å². The third-order valence-corrected chi connectivity index (χ3v) is 6.94. The number of carbonyl (C=O) groups excluding carboxylic acids is 1. The van der Waals surface area contributed by atoms with Crippen LogP contribution in [0.15, 0.2) is 52.6 Å². The lowest BCUT2D eigenvalue weighted by Gasteiger charge is -2.38. The van der Waals surface area contributed by atoms with Crippen molar-refractivity contribution >= 4 is 17.2 Å². The van der Waals surface area contributed by atoms with Crippen molar-refractivity contribution in [3.63, 3.8) is 0 Å². The van der Waals surface area contributed by atoms with E-state index in [1.165, 1.54) is 16.9 Å². The van der Waals surface area contributed by atoms with Crippen LogP contribution in [0, 0.1) is 6.92 Å². The van der Waals surface area contributed by atoms with E-state index in [9.17, 15) is 9.59 Å². The monoisotopic (exact) mass is 452 g/mol. The first-order valence-corrected chi connectivity index (χ1v) is 11.7. The number of hydrogen-bond acceptors (Lipinski definition) is 5. The van der Waals surface area contributed by atoms with Gasteiger partial charge >= 0.3 is 4.87 Å². The number of thiazole rings is 1. The molecule has 1 amide bonds. The molecule has 1 unspecified atom stereocenters. The highest BCUT2D eigenvalue weighted by atomic mass is 32.1.